The molecule has 0 spiro atoms. The molecule has 1 aromatic carbocycles. The third-order valence-electron chi connectivity index (χ3n) is 3.02. The molecule has 21 heavy (non-hydrogen) atoms. The first-order valence-electron chi connectivity index (χ1n) is 6.60. The third kappa shape index (κ3) is 2.62. The van der Waals surface area contributed by atoms with Crippen LogP contribution in [0.4, 0.5) is 5.82 Å². The van der Waals surface area contributed by atoms with Crippen LogP contribution in [0.3, 0.4) is 0 Å². The fraction of sp³-hybridized carbons (Fsp3) is 0.200. The van der Waals surface area contributed by atoms with Gasteiger partial charge in [0.15, 0.2) is 11.6 Å². The summed E-state index contributed by atoms with van der Waals surface area (Å²) in [4.78, 5) is 5.16. The van der Waals surface area contributed by atoms with Crippen LogP contribution in [0.15, 0.2) is 35.0 Å². The number of anilines is 1. The number of thiazole rings is 1. The van der Waals surface area contributed by atoms with Crippen molar-refractivity contribution < 1.29 is 9.26 Å². The summed E-state index contributed by atoms with van der Waals surface area (Å²) in [6.07, 6.45) is 1.78. The van der Waals surface area contributed by atoms with Crippen molar-refractivity contribution in [2.24, 2.45) is 0 Å². The summed E-state index contributed by atoms with van der Waals surface area (Å²) in [6.45, 7) is 4.54. The van der Waals surface area contributed by atoms with Gasteiger partial charge in [0.05, 0.1) is 22.1 Å². The minimum absolute atomic E-state index is 0.375. The number of aryl methyl sites for hydroxylation is 1. The minimum Gasteiger partial charge on any atom is -0.494 e. The molecule has 0 radical (unpaired) electrons. The molecule has 0 fully saturated rings. The topological polar surface area (TPSA) is 74.2 Å². The Morgan fingerprint density at radius 3 is 2.67 bits per heavy atom. The smallest absolute Gasteiger partial charge is 0.188 e. The van der Waals surface area contributed by atoms with Crippen LogP contribution in [-0.4, -0.2) is 16.7 Å². The van der Waals surface area contributed by atoms with Crippen LogP contribution < -0.4 is 10.5 Å². The van der Waals surface area contributed by atoms with Crippen molar-refractivity contribution in [3.63, 3.8) is 0 Å². The lowest BCUT2D eigenvalue weighted by molar-refractivity contribution is 0.340. The number of nitrogens with zero attached hydrogens (tertiary/aromatic N) is 2. The monoisotopic (exact) mass is 301 g/mol. The molecule has 0 unspecified atom stereocenters. The molecule has 2 N–H and O–H groups in total. The van der Waals surface area contributed by atoms with Gasteiger partial charge in [0.25, 0.3) is 0 Å². The zero-order valence-electron chi connectivity index (χ0n) is 11.8. The highest BCUT2D eigenvalue weighted by molar-refractivity contribution is 7.15. The number of hydrogen-bond donors (Lipinski definition) is 1. The molecule has 0 aliphatic carbocycles. The number of rotatable bonds is 4. The second kappa shape index (κ2) is 5.57. The molecular formula is C15H15N3O2S. The van der Waals surface area contributed by atoms with Crippen molar-refractivity contribution in [1.29, 1.82) is 0 Å². The summed E-state index contributed by atoms with van der Waals surface area (Å²) >= 11 is 1.55. The molecule has 0 atom stereocenters. The van der Waals surface area contributed by atoms with Crippen LogP contribution >= 0.6 is 11.3 Å². The molecule has 5 nitrogen and oxygen atoms in total. The van der Waals surface area contributed by atoms with Gasteiger partial charge in [0.2, 0.25) is 0 Å². The van der Waals surface area contributed by atoms with Gasteiger partial charge in [-0.15, -0.1) is 11.3 Å². The Kier molecular flexibility index (Phi) is 3.62. The number of hydrogen-bond acceptors (Lipinski definition) is 6. The van der Waals surface area contributed by atoms with Gasteiger partial charge in [-0.25, -0.2) is 4.98 Å². The van der Waals surface area contributed by atoms with Gasteiger partial charge < -0.3 is 15.0 Å². The Morgan fingerprint density at radius 1 is 1.29 bits per heavy atom. The molecule has 2 aromatic heterocycles. The van der Waals surface area contributed by atoms with E-state index in [-0.39, 0.29) is 0 Å². The predicted octanol–water partition coefficient (Wildman–Crippen LogP) is 3.75. The lowest BCUT2D eigenvalue weighted by Crippen LogP contribution is -1.92. The summed E-state index contributed by atoms with van der Waals surface area (Å²) in [6, 6.07) is 7.72. The molecular weight excluding hydrogens is 286 g/mol. The number of benzene rings is 1. The fourth-order valence-electron chi connectivity index (χ4n) is 2.10. The highest BCUT2D eigenvalue weighted by Crippen LogP contribution is 2.39. The van der Waals surface area contributed by atoms with Crippen molar-refractivity contribution >= 4 is 17.2 Å². The van der Waals surface area contributed by atoms with E-state index < -0.39 is 0 Å². The number of nitrogens with two attached hydrogens (primary N) is 1. The predicted molar refractivity (Wildman–Crippen MR) is 83.4 cm³/mol. The molecule has 0 saturated heterocycles. The van der Waals surface area contributed by atoms with E-state index in [0.29, 0.717) is 18.2 Å². The highest BCUT2D eigenvalue weighted by atomic mass is 32.1. The van der Waals surface area contributed by atoms with Gasteiger partial charge in [-0.05, 0) is 31.5 Å². The van der Waals surface area contributed by atoms with Crippen molar-refractivity contribution in [2.75, 3.05) is 12.3 Å². The van der Waals surface area contributed by atoms with Gasteiger partial charge in [-0.2, -0.15) is 0 Å². The lowest BCUT2D eigenvalue weighted by Gasteiger charge is -2.05. The maximum Gasteiger partial charge on any atom is 0.188 e. The number of ether oxygens (including phenoxy) is 1. The molecule has 0 bridgehead atoms. The maximum atomic E-state index is 5.96. The molecule has 0 aliphatic rings. The first-order chi connectivity index (χ1) is 10.2. The zero-order valence-corrected chi connectivity index (χ0v) is 12.6. The van der Waals surface area contributed by atoms with E-state index >= 15 is 0 Å². The van der Waals surface area contributed by atoms with Gasteiger partial charge in [-0.1, -0.05) is 17.3 Å². The first-order valence-corrected chi connectivity index (χ1v) is 7.42. The minimum atomic E-state index is 0.375. The lowest BCUT2D eigenvalue weighted by atomic mass is 10.1. The van der Waals surface area contributed by atoms with Crippen LogP contribution in [0, 0.1) is 6.92 Å². The van der Waals surface area contributed by atoms with Crippen LogP contribution in [-0.2, 0) is 0 Å². The molecule has 108 valence electrons. The molecule has 0 saturated carbocycles. The second-order valence-electron chi connectivity index (χ2n) is 4.47. The van der Waals surface area contributed by atoms with Crippen molar-refractivity contribution in [3.05, 3.63) is 35.5 Å². The van der Waals surface area contributed by atoms with Crippen LogP contribution in [0.5, 0.6) is 5.75 Å². The number of nitrogen functional groups attached to an aromatic ring is 1. The van der Waals surface area contributed by atoms with E-state index in [0.717, 1.165) is 26.8 Å². The Morgan fingerprint density at radius 2 is 2.05 bits per heavy atom. The fourth-order valence-corrected chi connectivity index (χ4v) is 2.86. The largest absolute Gasteiger partial charge is 0.494 e. The molecule has 0 aliphatic heterocycles. The Balaban J connectivity index is 2.04. The van der Waals surface area contributed by atoms with Crippen LogP contribution in [0.2, 0.25) is 0 Å². The quantitative estimate of drug-likeness (QED) is 0.794. The SMILES string of the molecule is CCOc1ccc(-c2c(N)noc2-c2cnc(C)s2)cc1. The standard InChI is InChI=1S/C15H15N3O2S/c1-3-19-11-6-4-10(5-7-11)13-14(20-18-15(13)16)12-8-17-9(2)21-12/h4-8H,3H2,1-2H3,(H2,16,18). The second-order valence-corrected chi connectivity index (χ2v) is 5.71. The molecule has 2 heterocycles. The van der Waals surface area contributed by atoms with Gasteiger partial charge in [0.1, 0.15) is 5.75 Å². The molecule has 3 rings (SSSR count). The summed E-state index contributed by atoms with van der Waals surface area (Å²) in [5.41, 5.74) is 7.70. The van der Waals surface area contributed by atoms with Crippen molar-refractivity contribution in [2.45, 2.75) is 13.8 Å². The summed E-state index contributed by atoms with van der Waals surface area (Å²) < 4.78 is 10.8. The van der Waals surface area contributed by atoms with Gasteiger partial charge >= 0.3 is 0 Å². The Hall–Kier alpha value is -2.34. The van der Waals surface area contributed by atoms with E-state index in [1.165, 1.54) is 0 Å². The third-order valence-corrected chi connectivity index (χ3v) is 3.93. The average molecular weight is 301 g/mol. The Bertz CT molecular complexity index is 747. The Labute approximate surface area is 126 Å². The molecule has 3 aromatic rings. The summed E-state index contributed by atoms with van der Waals surface area (Å²) in [5, 5.41) is 4.86. The first kappa shape index (κ1) is 13.6. The normalized spacial score (nSPS) is 10.8. The van der Waals surface area contributed by atoms with Crippen molar-refractivity contribution in [1.82, 2.24) is 10.1 Å². The van der Waals surface area contributed by atoms with Gasteiger partial charge in [-0.3, -0.25) is 0 Å². The molecule has 6 heteroatoms. The van der Waals surface area contributed by atoms with Crippen LogP contribution in [0.25, 0.3) is 21.8 Å². The van der Waals surface area contributed by atoms with E-state index in [9.17, 15) is 0 Å². The highest BCUT2D eigenvalue weighted by Gasteiger charge is 2.19. The van der Waals surface area contributed by atoms with Crippen LogP contribution in [0.1, 0.15) is 11.9 Å². The van der Waals surface area contributed by atoms with Crippen molar-refractivity contribution in [3.8, 4) is 27.5 Å². The van der Waals surface area contributed by atoms with E-state index in [1.54, 1.807) is 17.5 Å². The summed E-state index contributed by atoms with van der Waals surface area (Å²) in [5.74, 6) is 1.86. The van der Waals surface area contributed by atoms with E-state index in [1.807, 2.05) is 38.1 Å². The average Bonchev–Trinajstić information content (AvgIpc) is 3.06. The number of aromatic nitrogens is 2. The summed E-state index contributed by atoms with van der Waals surface area (Å²) in [7, 11) is 0. The van der Waals surface area contributed by atoms with E-state index in [4.69, 9.17) is 15.0 Å². The zero-order chi connectivity index (χ0) is 14.8. The van der Waals surface area contributed by atoms with E-state index in [2.05, 4.69) is 10.1 Å². The maximum absolute atomic E-state index is 5.96. The molecule has 0 amide bonds. The van der Waals surface area contributed by atoms with Gasteiger partial charge in [0, 0.05) is 6.20 Å².